The van der Waals surface area contributed by atoms with Crippen LogP contribution in [0.2, 0.25) is 5.02 Å². The summed E-state index contributed by atoms with van der Waals surface area (Å²) in [7, 11) is 0. The molecular formula is C20H32ClIN4O. The monoisotopic (exact) mass is 506 g/mol. The van der Waals surface area contributed by atoms with Gasteiger partial charge in [-0.15, -0.1) is 24.0 Å². The summed E-state index contributed by atoms with van der Waals surface area (Å²) in [6.45, 7) is 8.23. The van der Waals surface area contributed by atoms with Crippen LogP contribution in [0, 0.1) is 5.41 Å². The fraction of sp³-hybridized carbons (Fsp3) is 0.650. The van der Waals surface area contributed by atoms with E-state index in [1.165, 1.54) is 24.9 Å². The predicted molar refractivity (Wildman–Crippen MR) is 125 cm³/mol. The molecule has 3 rings (SSSR count). The molecule has 1 aromatic rings. The standard InChI is InChI=1S/C20H31ClN4O.HI/c1-2-26-15-10-20(8-3-9-20)16-23-19(22)25-13-11-24(12-14-25)18-6-4-17(21)5-7-18;/h4-7H,2-3,8-16H2,1H3,(H2,22,23);1H. The van der Waals surface area contributed by atoms with Crippen molar-refractivity contribution in [1.29, 1.82) is 0 Å². The Morgan fingerprint density at radius 2 is 1.85 bits per heavy atom. The highest BCUT2D eigenvalue weighted by atomic mass is 127. The lowest BCUT2D eigenvalue weighted by atomic mass is 9.67. The molecule has 152 valence electrons. The van der Waals surface area contributed by atoms with Crippen LogP contribution < -0.4 is 10.6 Å². The van der Waals surface area contributed by atoms with Crippen LogP contribution in [0.15, 0.2) is 29.3 Å². The van der Waals surface area contributed by atoms with Gasteiger partial charge in [-0.2, -0.15) is 0 Å². The second-order valence-electron chi connectivity index (χ2n) is 7.43. The molecule has 27 heavy (non-hydrogen) atoms. The van der Waals surface area contributed by atoms with Gasteiger partial charge in [-0.25, -0.2) is 0 Å². The van der Waals surface area contributed by atoms with Crippen molar-refractivity contribution < 1.29 is 4.74 Å². The summed E-state index contributed by atoms with van der Waals surface area (Å²) >= 11 is 5.98. The van der Waals surface area contributed by atoms with Gasteiger partial charge >= 0.3 is 0 Å². The van der Waals surface area contributed by atoms with Gasteiger partial charge in [0.15, 0.2) is 5.96 Å². The van der Waals surface area contributed by atoms with Crippen LogP contribution in [0.3, 0.4) is 0 Å². The Kier molecular flexibility index (Phi) is 8.95. The maximum Gasteiger partial charge on any atom is 0.191 e. The third-order valence-electron chi connectivity index (χ3n) is 5.77. The highest BCUT2D eigenvalue weighted by Crippen LogP contribution is 2.44. The van der Waals surface area contributed by atoms with E-state index in [9.17, 15) is 0 Å². The van der Waals surface area contributed by atoms with Crippen LogP contribution in [0.25, 0.3) is 0 Å². The minimum Gasteiger partial charge on any atom is -0.382 e. The van der Waals surface area contributed by atoms with E-state index in [1.54, 1.807) is 0 Å². The van der Waals surface area contributed by atoms with Crippen molar-refractivity contribution in [2.75, 3.05) is 50.8 Å². The lowest BCUT2D eigenvalue weighted by molar-refractivity contribution is 0.0608. The number of benzene rings is 1. The first kappa shape index (κ1) is 22.6. The molecule has 0 unspecified atom stereocenters. The first-order valence-electron chi connectivity index (χ1n) is 9.75. The van der Waals surface area contributed by atoms with Gasteiger partial charge in [-0.3, -0.25) is 4.99 Å². The Morgan fingerprint density at radius 1 is 1.19 bits per heavy atom. The molecule has 2 N–H and O–H groups in total. The normalized spacial score (nSPS) is 19.4. The summed E-state index contributed by atoms with van der Waals surface area (Å²) in [6.07, 6.45) is 4.91. The smallest absolute Gasteiger partial charge is 0.191 e. The van der Waals surface area contributed by atoms with Gasteiger partial charge in [0.2, 0.25) is 0 Å². The molecule has 5 nitrogen and oxygen atoms in total. The minimum atomic E-state index is 0. The molecule has 0 atom stereocenters. The highest BCUT2D eigenvalue weighted by Gasteiger charge is 2.36. The maximum atomic E-state index is 6.30. The van der Waals surface area contributed by atoms with Gasteiger partial charge in [0.1, 0.15) is 0 Å². The molecule has 2 aliphatic rings. The van der Waals surface area contributed by atoms with Crippen molar-refractivity contribution in [3.63, 3.8) is 0 Å². The SMILES string of the molecule is CCOCCC1(CN=C(N)N2CCN(c3ccc(Cl)cc3)CC2)CCC1.I. The summed E-state index contributed by atoms with van der Waals surface area (Å²) in [6, 6.07) is 8.04. The molecular weight excluding hydrogens is 475 g/mol. The fourth-order valence-electron chi connectivity index (χ4n) is 3.79. The molecule has 0 spiro atoms. The number of ether oxygens (including phenoxy) is 1. The average molecular weight is 507 g/mol. The Hall–Kier alpha value is -0.730. The van der Waals surface area contributed by atoms with Crippen LogP contribution in [0.4, 0.5) is 5.69 Å². The molecule has 1 aromatic carbocycles. The van der Waals surface area contributed by atoms with E-state index in [-0.39, 0.29) is 24.0 Å². The topological polar surface area (TPSA) is 54.1 Å². The van der Waals surface area contributed by atoms with Crippen molar-refractivity contribution >= 4 is 47.2 Å². The molecule has 0 radical (unpaired) electrons. The zero-order valence-corrected chi connectivity index (χ0v) is 19.3. The van der Waals surface area contributed by atoms with Crippen LogP contribution in [0.1, 0.15) is 32.6 Å². The minimum absolute atomic E-state index is 0. The van der Waals surface area contributed by atoms with E-state index in [0.717, 1.165) is 57.4 Å². The summed E-state index contributed by atoms with van der Waals surface area (Å²) in [5, 5.41) is 0.776. The number of anilines is 1. The van der Waals surface area contributed by atoms with Gasteiger partial charge in [0.05, 0.1) is 0 Å². The molecule has 1 saturated heterocycles. The van der Waals surface area contributed by atoms with E-state index in [2.05, 4.69) is 21.9 Å². The summed E-state index contributed by atoms with van der Waals surface area (Å²) in [5.41, 5.74) is 7.84. The van der Waals surface area contributed by atoms with E-state index in [4.69, 9.17) is 27.1 Å². The lowest BCUT2D eigenvalue weighted by Crippen LogP contribution is -2.51. The van der Waals surface area contributed by atoms with E-state index < -0.39 is 0 Å². The molecule has 0 amide bonds. The van der Waals surface area contributed by atoms with Gasteiger partial charge in [-0.05, 0) is 55.9 Å². The number of hydrogen-bond donors (Lipinski definition) is 1. The third-order valence-corrected chi connectivity index (χ3v) is 6.02. The second kappa shape index (κ2) is 10.7. The molecule has 1 heterocycles. The number of nitrogens with zero attached hydrogens (tertiary/aromatic N) is 3. The Labute approximate surface area is 185 Å². The molecule has 1 saturated carbocycles. The van der Waals surface area contributed by atoms with Crippen LogP contribution >= 0.6 is 35.6 Å². The van der Waals surface area contributed by atoms with Gasteiger partial charge < -0.3 is 20.3 Å². The number of guanidine groups is 1. The molecule has 0 bridgehead atoms. The van der Waals surface area contributed by atoms with Crippen molar-refractivity contribution in [1.82, 2.24) is 4.90 Å². The Bertz CT molecular complexity index is 599. The first-order chi connectivity index (χ1) is 12.6. The first-order valence-corrected chi connectivity index (χ1v) is 10.1. The Morgan fingerprint density at radius 3 is 2.41 bits per heavy atom. The summed E-state index contributed by atoms with van der Waals surface area (Å²) < 4.78 is 5.55. The van der Waals surface area contributed by atoms with Crippen LogP contribution in [0.5, 0.6) is 0 Å². The van der Waals surface area contributed by atoms with Gasteiger partial charge in [0.25, 0.3) is 0 Å². The largest absolute Gasteiger partial charge is 0.382 e. The number of hydrogen-bond acceptors (Lipinski definition) is 3. The van der Waals surface area contributed by atoms with E-state index >= 15 is 0 Å². The molecule has 1 aliphatic carbocycles. The van der Waals surface area contributed by atoms with E-state index in [1.807, 2.05) is 19.1 Å². The highest BCUT2D eigenvalue weighted by molar-refractivity contribution is 14.0. The van der Waals surface area contributed by atoms with Gasteiger partial charge in [0, 0.05) is 56.6 Å². The molecule has 2 fully saturated rings. The average Bonchev–Trinajstić information content (AvgIpc) is 2.64. The number of aliphatic imine (C=N–C) groups is 1. The van der Waals surface area contributed by atoms with Crippen molar-refractivity contribution in [3.8, 4) is 0 Å². The van der Waals surface area contributed by atoms with E-state index in [0.29, 0.717) is 11.4 Å². The molecule has 7 heteroatoms. The fourth-order valence-corrected chi connectivity index (χ4v) is 3.92. The molecule has 1 aliphatic heterocycles. The second-order valence-corrected chi connectivity index (χ2v) is 7.86. The van der Waals surface area contributed by atoms with Crippen molar-refractivity contribution in [2.45, 2.75) is 32.6 Å². The molecule has 0 aromatic heterocycles. The van der Waals surface area contributed by atoms with Crippen molar-refractivity contribution in [2.24, 2.45) is 16.1 Å². The van der Waals surface area contributed by atoms with Crippen LogP contribution in [-0.4, -0.2) is 56.8 Å². The number of piperazine rings is 1. The zero-order valence-electron chi connectivity index (χ0n) is 16.2. The number of nitrogens with two attached hydrogens (primary N) is 1. The lowest BCUT2D eigenvalue weighted by Gasteiger charge is -2.41. The summed E-state index contributed by atoms with van der Waals surface area (Å²) in [4.78, 5) is 9.34. The van der Waals surface area contributed by atoms with Gasteiger partial charge in [-0.1, -0.05) is 18.0 Å². The zero-order chi connectivity index (χ0) is 18.4. The predicted octanol–water partition coefficient (Wildman–Crippen LogP) is 3.99. The van der Waals surface area contributed by atoms with Crippen molar-refractivity contribution in [3.05, 3.63) is 29.3 Å². The Balaban J connectivity index is 0.00000261. The number of halogens is 2. The summed E-state index contributed by atoms with van der Waals surface area (Å²) in [5.74, 6) is 0.698. The third kappa shape index (κ3) is 6.12. The maximum absolute atomic E-state index is 6.30. The van der Waals surface area contributed by atoms with Crippen LogP contribution in [-0.2, 0) is 4.74 Å². The quantitative estimate of drug-likeness (QED) is 0.263. The number of rotatable bonds is 7.